The maximum atomic E-state index is 12.0. The number of nitrogens with two attached hydrogens (primary N) is 1. The van der Waals surface area contributed by atoms with Crippen LogP contribution in [0.4, 0.5) is 5.82 Å². The van der Waals surface area contributed by atoms with Gasteiger partial charge in [-0.1, -0.05) is 0 Å². The predicted molar refractivity (Wildman–Crippen MR) is 69.1 cm³/mol. The van der Waals surface area contributed by atoms with Crippen LogP contribution in [0.2, 0.25) is 0 Å². The Balaban J connectivity index is 2.16. The third kappa shape index (κ3) is 1.81. The van der Waals surface area contributed by atoms with Crippen molar-refractivity contribution in [3.8, 4) is 0 Å². The van der Waals surface area contributed by atoms with Crippen molar-refractivity contribution in [1.82, 2.24) is 14.5 Å². The largest absolute Gasteiger partial charge is 0.394 e. The topological polar surface area (TPSA) is 144 Å². The third-order valence-corrected chi connectivity index (χ3v) is 4.03. The quantitative estimate of drug-likeness (QED) is 0.501. The molecule has 0 saturated carbocycles. The second kappa shape index (κ2) is 4.75. The number of aliphatic hydroxyl groups excluding tert-OH is 3. The van der Waals surface area contributed by atoms with Gasteiger partial charge in [0.15, 0.2) is 12.0 Å². The number of aliphatic hydroxyl groups is 3. The molecule has 1 aliphatic heterocycles. The van der Waals surface area contributed by atoms with Crippen LogP contribution in [0.5, 0.6) is 0 Å². The fraction of sp³-hybridized carbons (Fsp3) is 0.500. The molecular formula is C10H12N4O5S. The molecule has 20 heavy (non-hydrogen) atoms. The van der Waals surface area contributed by atoms with Crippen molar-refractivity contribution in [2.24, 2.45) is 0 Å². The van der Waals surface area contributed by atoms with E-state index >= 15 is 0 Å². The Morgan fingerprint density at radius 1 is 1.45 bits per heavy atom. The summed E-state index contributed by atoms with van der Waals surface area (Å²) in [6, 6.07) is 0. The first kappa shape index (κ1) is 13.4. The van der Waals surface area contributed by atoms with Crippen molar-refractivity contribution in [3.63, 3.8) is 0 Å². The molecule has 0 spiro atoms. The zero-order valence-corrected chi connectivity index (χ0v) is 10.9. The highest BCUT2D eigenvalue weighted by Crippen LogP contribution is 2.32. The van der Waals surface area contributed by atoms with Gasteiger partial charge in [-0.25, -0.2) is 9.78 Å². The van der Waals surface area contributed by atoms with E-state index in [1.807, 2.05) is 0 Å². The van der Waals surface area contributed by atoms with E-state index in [1.165, 1.54) is 5.51 Å². The molecule has 0 bridgehead atoms. The second-order valence-electron chi connectivity index (χ2n) is 4.38. The molecule has 10 heteroatoms. The SMILES string of the molecule is Nc1nc(=O)n([C@@H]2O[C@H](CO)[C@@H](O)[C@H]2O)c2scnc12. The zero-order valence-electron chi connectivity index (χ0n) is 10.1. The summed E-state index contributed by atoms with van der Waals surface area (Å²) < 4.78 is 6.42. The summed E-state index contributed by atoms with van der Waals surface area (Å²) >= 11 is 1.14. The molecule has 2 aromatic heterocycles. The van der Waals surface area contributed by atoms with E-state index in [-0.39, 0.29) is 5.82 Å². The van der Waals surface area contributed by atoms with E-state index < -0.39 is 36.8 Å². The lowest BCUT2D eigenvalue weighted by Crippen LogP contribution is -2.36. The zero-order chi connectivity index (χ0) is 14.4. The van der Waals surface area contributed by atoms with Crippen LogP contribution in [0.15, 0.2) is 10.3 Å². The van der Waals surface area contributed by atoms with E-state index in [2.05, 4.69) is 9.97 Å². The van der Waals surface area contributed by atoms with Crippen LogP contribution in [0.3, 0.4) is 0 Å². The molecular weight excluding hydrogens is 288 g/mol. The molecule has 0 radical (unpaired) electrons. The summed E-state index contributed by atoms with van der Waals surface area (Å²) in [6.45, 7) is -0.474. The number of fused-ring (bicyclic) bond motifs is 1. The van der Waals surface area contributed by atoms with Gasteiger partial charge in [0.1, 0.15) is 28.7 Å². The number of hydrogen-bond acceptors (Lipinski definition) is 9. The Labute approximate surface area is 115 Å². The number of anilines is 1. The maximum absolute atomic E-state index is 12.0. The van der Waals surface area contributed by atoms with E-state index in [0.717, 1.165) is 15.9 Å². The van der Waals surface area contributed by atoms with Crippen molar-refractivity contribution in [2.75, 3.05) is 12.3 Å². The molecule has 3 heterocycles. The van der Waals surface area contributed by atoms with Crippen LogP contribution >= 0.6 is 11.3 Å². The summed E-state index contributed by atoms with van der Waals surface area (Å²) in [7, 11) is 0. The number of nitrogens with zero attached hydrogens (tertiary/aromatic N) is 3. The molecule has 2 aromatic rings. The number of aromatic nitrogens is 3. The molecule has 1 aliphatic rings. The van der Waals surface area contributed by atoms with Gasteiger partial charge < -0.3 is 25.8 Å². The second-order valence-corrected chi connectivity index (χ2v) is 5.22. The molecule has 3 rings (SSSR count). The van der Waals surface area contributed by atoms with Gasteiger partial charge in [0, 0.05) is 0 Å². The van der Waals surface area contributed by atoms with Crippen LogP contribution in [-0.2, 0) is 4.74 Å². The van der Waals surface area contributed by atoms with Crippen molar-refractivity contribution in [1.29, 1.82) is 0 Å². The summed E-state index contributed by atoms with van der Waals surface area (Å²) in [5.41, 5.74) is 6.71. The normalized spacial score (nSPS) is 30.1. The molecule has 1 fully saturated rings. The van der Waals surface area contributed by atoms with Crippen LogP contribution in [0.25, 0.3) is 10.3 Å². The first-order valence-corrected chi connectivity index (χ1v) is 6.66. The van der Waals surface area contributed by atoms with Crippen molar-refractivity contribution in [3.05, 3.63) is 16.0 Å². The van der Waals surface area contributed by atoms with Gasteiger partial charge in [0.25, 0.3) is 0 Å². The standard InChI is InChI=1S/C10H12N4O5S/c11-7-4-9(20-2-12-4)14(10(18)13-7)8-6(17)5(16)3(1-15)19-8/h2-3,5-6,8,15-17H,1H2,(H2,11,13,18)/t3-,5-,6-,8-/m1/s1. The van der Waals surface area contributed by atoms with Crippen molar-refractivity contribution in [2.45, 2.75) is 24.5 Å². The van der Waals surface area contributed by atoms with Gasteiger partial charge in [0.2, 0.25) is 0 Å². The smallest absolute Gasteiger partial charge is 0.352 e. The fourth-order valence-electron chi connectivity index (χ4n) is 2.20. The first-order valence-electron chi connectivity index (χ1n) is 5.78. The van der Waals surface area contributed by atoms with Crippen molar-refractivity contribution >= 4 is 27.5 Å². The number of thiazole rings is 1. The summed E-state index contributed by atoms with van der Waals surface area (Å²) in [6.07, 6.45) is -4.77. The number of rotatable bonds is 2. The van der Waals surface area contributed by atoms with Gasteiger partial charge in [0.05, 0.1) is 12.1 Å². The highest BCUT2D eigenvalue weighted by Gasteiger charge is 2.44. The monoisotopic (exact) mass is 300 g/mol. The lowest BCUT2D eigenvalue weighted by molar-refractivity contribution is -0.0525. The molecule has 1 saturated heterocycles. The average Bonchev–Trinajstić information content (AvgIpc) is 2.99. The van der Waals surface area contributed by atoms with E-state index in [4.69, 9.17) is 15.6 Å². The van der Waals surface area contributed by atoms with Gasteiger partial charge in [-0.15, -0.1) is 11.3 Å². The Hall–Kier alpha value is -1.59. The molecule has 0 amide bonds. The molecule has 108 valence electrons. The number of ether oxygens (including phenoxy) is 1. The average molecular weight is 300 g/mol. The van der Waals surface area contributed by atoms with Crippen LogP contribution < -0.4 is 11.4 Å². The summed E-state index contributed by atoms with van der Waals surface area (Å²) in [4.78, 5) is 20.0. The maximum Gasteiger partial charge on any atom is 0.352 e. The molecule has 5 N–H and O–H groups in total. The van der Waals surface area contributed by atoms with E-state index in [1.54, 1.807) is 0 Å². The molecule has 9 nitrogen and oxygen atoms in total. The molecule has 0 aromatic carbocycles. The Morgan fingerprint density at radius 3 is 2.85 bits per heavy atom. The van der Waals surface area contributed by atoms with E-state index in [9.17, 15) is 15.0 Å². The number of hydrogen-bond donors (Lipinski definition) is 4. The minimum atomic E-state index is -1.36. The van der Waals surface area contributed by atoms with Crippen LogP contribution in [-0.4, -0.2) is 54.8 Å². The molecule has 4 atom stereocenters. The Morgan fingerprint density at radius 2 is 2.20 bits per heavy atom. The molecule has 0 unspecified atom stereocenters. The lowest BCUT2D eigenvalue weighted by Gasteiger charge is -2.17. The van der Waals surface area contributed by atoms with Gasteiger partial charge in [-0.05, 0) is 0 Å². The molecule has 0 aliphatic carbocycles. The van der Waals surface area contributed by atoms with Crippen molar-refractivity contribution < 1.29 is 20.1 Å². The van der Waals surface area contributed by atoms with Gasteiger partial charge >= 0.3 is 5.69 Å². The van der Waals surface area contributed by atoms with Gasteiger partial charge in [-0.2, -0.15) is 4.98 Å². The Kier molecular flexibility index (Phi) is 3.18. The number of nitrogen functional groups attached to an aromatic ring is 1. The predicted octanol–water partition coefficient (Wildman–Crippen LogP) is -1.95. The lowest BCUT2D eigenvalue weighted by atomic mass is 10.1. The minimum absolute atomic E-state index is 0.00533. The highest BCUT2D eigenvalue weighted by atomic mass is 32.1. The highest BCUT2D eigenvalue weighted by molar-refractivity contribution is 7.16. The van der Waals surface area contributed by atoms with Gasteiger partial charge in [-0.3, -0.25) is 4.57 Å². The summed E-state index contributed by atoms with van der Waals surface area (Å²) in [5, 5.41) is 28.8. The first-order chi connectivity index (χ1) is 9.54. The van der Waals surface area contributed by atoms with Crippen LogP contribution in [0, 0.1) is 0 Å². The summed E-state index contributed by atoms with van der Waals surface area (Å²) in [5.74, 6) is -0.00533. The fourth-order valence-corrected chi connectivity index (χ4v) is 3.02. The van der Waals surface area contributed by atoms with Crippen LogP contribution in [0.1, 0.15) is 6.23 Å². The third-order valence-electron chi connectivity index (χ3n) is 3.20. The minimum Gasteiger partial charge on any atom is -0.394 e. The Bertz CT molecular complexity index is 701. The van der Waals surface area contributed by atoms with E-state index in [0.29, 0.717) is 10.3 Å².